The third kappa shape index (κ3) is 5.54. The van der Waals surface area contributed by atoms with Gasteiger partial charge in [-0.15, -0.1) is 0 Å². The molecule has 0 bridgehead atoms. The lowest BCUT2D eigenvalue weighted by Crippen LogP contribution is -2.36. The first-order valence-electron chi connectivity index (χ1n) is 11.6. The van der Waals surface area contributed by atoms with Crippen LogP contribution in [0.1, 0.15) is 47.3 Å². The molecule has 0 radical (unpaired) electrons. The third-order valence-corrected chi connectivity index (χ3v) is 5.73. The molecule has 0 aliphatic carbocycles. The number of aryl methyl sites for hydroxylation is 1. The maximum atomic E-state index is 13.4. The van der Waals surface area contributed by atoms with E-state index in [1.807, 2.05) is 61.5 Å². The monoisotopic (exact) mass is 454 g/mol. The van der Waals surface area contributed by atoms with Gasteiger partial charge in [0.15, 0.2) is 11.5 Å². The number of benzene rings is 3. The number of para-hydroxylation sites is 2. The van der Waals surface area contributed by atoms with Crippen LogP contribution in [0.5, 0.6) is 5.75 Å². The van der Waals surface area contributed by atoms with Crippen LogP contribution in [-0.2, 0) is 11.3 Å². The number of hydrogen-bond acceptors (Lipinski definition) is 3. The summed E-state index contributed by atoms with van der Waals surface area (Å²) in [6, 6.07) is 22.9. The van der Waals surface area contributed by atoms with E-state index in [1.165, 1.54) is 0 Å². The van der Waals surface area contributed by atoms with Crippen LogP contribution in [0.25, 0.3) is 6.08 Å². The number of hydrogen-bond donors (Lipinski definition) is 1. The second kappa shape index (κ2) is 10.4. The number of nitrogens with zero attached hydrogens (tertiary/aromatic N) is 1. The van der Waals surface area contributed by atoms with Crippen molar-refractivity contribution < 1.29 is 14.3 Å². The van der Waals surface area contributed by atoms with E-state index in [-0.39, 0.29) is 17.6 Å². The number of carbonyl (C=O) groups is 2. The predicted molar refractivity (Wildman–Crippen MR) is 136 cm³/mol. The van der Waals surface area contributed by atoms with Gasteiger partial charge in [0.05, 0.1) is 12.2 Å². The van der Waals surface area contributed by atoms with Gasteiger partial charge < -0.3 is 10.1 Å². The van der Waals surface area contributed by atoms with Crippen molar-refractivity contribution in [3.05, 3.63) is 101 Å². The topological polar surface area (TPSA) is 58.6 Å². The van der Waals surface area contributed by atoms with E-state index in [0.29, 0.717) is 30.3 Å². The third-order valence-electron chi connectivity index (χ3n) is 5.73. The Labute approximate surface area is 201 Å². The van der Waals surface area contributed by atoms with E-state index in [2.05, 4.69) is 25.2 Å². The Morgan fingerprint density at radius 3 is 2.53 bits per heavy atom. The Kier molecular flexibility index (Phi) is 7.12. The first-order valence-corrected chi connectivity index (χ1v) is 11.6. The van der Waals surface area contributed by atoms with Gasteiger partial charge in [-0.1, -0.05) is 67.9 Å². The molecule has 0 saturated carbocycles. The van der Waals surface area contributed by atoms with Crippen molar-refractivity contribution in [1.82, 2.24) is 5.32 Å². The Balaban J connectivity index is 1.55. The molecule has 5 heteroatoms. The molecule has 4 rings (SSSR count). The van der Waals surface area contributed by atoms with Gasteiger partial charge in [-0.05, 0) is 60.7 Å². The summed E-state index contributed by atoms with van der Waals surface area (Å²) < 4.78 is 5.98. The van der Waals surface area contributed by atoms with Crippen LogP contribution in [0.2, 0.25) is 0 Å². The highest BCUT2D eigenvalue weighted by Crippen LogP contribution is 2.36. The molecule has 1 aliphatic heterocycles. The van der Waals surface area contributed by atoms with Crippen molar-refractivity contribution in [1.29, 1.82) is 0 Å². The standard InChI is InChI=1S/C29H30N2O3/c1-20(2)15-16-30-28(32)24-13-11-22(12-14-24)18-27-29(33)31(19-23-8-6-7-21(3)17-23)25-9-4-5-10-26(25)34-27/h4-14,17-18,20H,15-16,19H2,1-3H3,(H,30,32). The maximum Gasteiger partial charge on any atom is 0.294 e. The molecule has 0 atom stereocenters. The zero-order valence-corrected chi connectivity index (χ0v) is 19.9. The zero-order valence-electron chi connectivity index (χ0n) is 19.9. The van der Waals surface area contributed by atoms with Crippen LogP contribution in [0.3, 0.4) is 0 Å². The van der Waals surface area contributed by atoms with E-state index < -0.39 is 0 Å². The van der Waals surface area contributed by atoms with Gasteiger partial charge in [0.2, 0.25) is 0 Å². The molecule has 0 spiro atoms. The van der Waals surface area contributed by atoms with E-state index in [4.69, 9.17) is 4.74 Å². The normalized spacial score (nSPS) is 14.2. The highest BCUT2D eigenvalue weighted by Gasteiger charge is 2.30. The molecule has 0 fully saturated rings. The van der Waals surface area contributed by atoms with Crippen LogP contribution in [-0.4, -0.2) is 18.4 Å². The van der Waals surface area contributed by atoms with Crippen LogP contribution in [0, 0.1) is 12.8 Å². The Bertz CT molecular complexity index is 1210. The molecule has 5 nitrogen and oxygen atoms in total. The highest BCUT2D eigenvalue weighted by molar-refractivity contribution is 6.09. The van der Waals surface area contributed by atoms with Crippen LogP contribution >= 0.6 is 0 Å². The molecule has 174 valence electrons. The molecular formula is C29H30N2O3. The SMILES string of the molecule is Cc1cccc(CN2C(=O)C(=Cc3ccc(C(=O)NCCC(C)C)cc3)Oc3ccccc32)c1. The number of carbonyl (C=O) groups excluding carboxylic acids is 2. The Morgan fingerprint density at radius 2 is 1.79 bits per heavy atom. The zero-order chi connectivity index (χ0) is 24.1. The minimum absolute atomic E-state index is 0.0943. The molecule has 0 aromatic heterocycles. The van der Waals surface area contributed by atoms with Gasteiger partial charge >= 0.3 is 0 Å². The predicted octanol–water partition coefficient (Wildman–Crippen LogP) is 5.74. The van der Waals surface area contributed by atoms with E-state index >= 15 is 0 Å². The molecular weight excluding hydrogens is 424 g/mol. The molecule has 1 heterocycles. The summed E-state index contributed by atoms with van der Waals surface area (Å²) in [4.78, 5) is 27.5. The van der Waals surface area contributed by atoms with Gasteiger partial charge in [-0.3, -0.25) is 14.5 Å². The largest absolute Gasteiger partial charge is 0.449 e. The molecule has 3 aromatic carbocycles. The lowest BCUT2D eigenvalue weighted by molar-refractivity contribution is -0.117. The van der Waals surface area contributed by atoms with Crippen molar-refractivity contribution in [2.75, 3.05) is 11.4 Å². The summed E-state index contributed by atoms with van der Waals surface area (Å²) in [7, 11) is 0. The number of ether oxygens (including phenoxy) is 1. The van der Waals surface area contributed by atoms with E-state index in [0.717, 1.165) is 28.8 Å². The average Bonchev–Trinajstić information content (AvgIpc) is 2.82. The Morgan fingerprint density at radius 1 is 1.03 bits per heavy atom. The summed E-state index contributed by atoms with van der Waals surface area (Å²) in [5.41, 5.74) is 4.33. The van der Waals surface area contributed by atoms with E-state index in [9.17, 15) is 9.59 Å². The van der Waals surface area contributed by atoms with Gasteiger partial charge in [0.25, 0.3) is 11.8 Å². The lowest BCUT2D eigenvalue weighted by Gasteiger charge is -2.30. The second-order valence-electron chi connectivity index (χ2n) is 9.02. The van der Waals surface area contributed by atoms with E-state index in [1.54, 1.807) is 23.1 Å². The fourth-order valence-electron chi connectivity index (χ4n) is 3.87. The first-order chi connectivity index (χ1) is 16.4. The number of amides is 2. The van der Waals surface area contributed by atoms with Crippen molar-refractivity contribution in [3.8, 4) is 5.75 Å². The smallest absolute Gasteiger partial charge is 0.294 e. The number of nitrogens with one attached hydrogen (secondary N) is 1. The van der Waals surface area contributed by atoms with Crippen molar-refractivity contribution >= 4 is 23.6 Å². The van der Waals surface area contributed by atoms with Crippen LogP contribution in [0.15, 0.2) is 78.6 Å². The van der Waals surface area contributed by atoms with Gasteiger partial charge in [-0.2, -0.15) is 0 Å². The molecule has 2 amide bonds. The van der Waals surface area contributed by atoms with Crippen LogP contribution < -0.4 is 15.0 Å². The fraction of sp³-hybridized carbons (Fsp3) is 0.241. The summed E-state index contributed by atoms with van der Waals surface area (Å²) in [5.74, 6) is 1.14. The molecule has 1 N–H and O–H groups in total. The minimum atomic E-state index is -0.198. The summed E-state index contributed by atoms with van der Waals surface area (Å²) in [5, 5.41) is 2.94. The van der Waals surface area contributed by atoms with Crippen molar-refractivity contribution in [2.24, 2.45) is 5.92 Å². The van der Waals surface area contributed by atoms with Gasteiger partial charge in [0, 0.05) is 12.1 Å². The number of fused-ring (bicyclic) bond motifs is 1. The van der Waals surface area contributed by atoms with Crippen molar-refractivity contribution in [3.63, 3.8) is 0 Å². The molecule has 34 heavy (non-hydrogen) atoms. The second-order valence-corrected chi connectivity index (χ2v) is 9.02. The lowest BCUT2D eigenvalue weighted by atomic mass is 10.1. The van der Waals surface area contributed by atoms with Gasteiger partial charge in [-0.25, -0.2) is 0 Å². The highest BCUT2D eigenvalue weighted by atomic mass is 16.5. The fourth-order valence-corrected chi connectivity index (χ4v) is 3.87. The van der Waals surface area contributed by atoms with Crippen molar-refractivity contribution in [2.45, 2.75) is 33.7 Å². The summed E-state index contributed by atoms with van der Waals surface area (Å²) in [6.07, 6.45) is 2.66. The van der Waals surface area contributed by atoms with Gasteiger partial charge in [0.1, 0.15) is 0 Å². The number of anilines is 1. The molecule has 3 aromatic rings. The summed E-state index contributed by atoms with van der Waals surface area (Å²) in [6.45, 7) is 7.40. The molecule has 0 unspecified atom stereocenters. The average molecular weight is 455 g/mol. The quantitative estimate of drug-likeness (QED) is 0.463. The molecule has 1 aliphatic rings. The first kappa shape index (κ1) is 23.3. The van der Waals surface area contributed by atoms with Crippen LogP contribution in [0.4, 0.5) is 5.69 Å². The number of rotatable bonds is 7. The maximum absolute atomic E-state index is 13.4. The Hall–Kier alpha value is -3.86. The summed E-state index contributed by atoms with van der Waals surface area (Å²) >= 11 is 0. The minimum Gasteiger partial charge on any atom is -0.449 e. The molecule has 0 saturated heterocycles.